The lowest BCUT2D eigenvalue weighted by Gasteiger charge is -2.37. The maximum absolute atomic E-state index is 12.9. The Labute approximate surface area is 174 Å². The van der Waals surface area contributed by atoms with Gasteiger partial charge in [0.15, 0.2) is 6.61 Å². The minimum Gasteiger partial charge on any atom is -0.467 e. The minimum atomic E-state index is -4.48. The molecule has 0 bridgehead atoms. The number of likely N-dealkylation sites (tertiary alicyclic amines) is 2. The quantitative estimate of drug-likeness (QED) is 0.696. The van der Waals surface area contributed by atoms with Crippen LogP contribution in [-0.2, 0) is 0 Å². The molecule has 0 aromatic carbocycles. The number of rotatable bonds is 5. The van der Waals surface area contributed by atoms with Gasteiger partial charge in [0.05, 0.1) is 5.56 Å². The molecule has 0 N–H and O–H groups in total. The summed E-state index contributed by atoms with van der Waals surface area (Å²) >= 11 is 5.98. The molecule has 1 atom stereocenters. The first-order chi connectivity index (χ1) is 13.7. The first-order valence-corrected chi connectivity index (χ1v) is 10.5. The van der Waals surface area contributed by atoms with E-state index < -0.39 is 12.8 Å². The molecule has 3 heterocycles. The third kappa shape index (κ3) is 6.47. The molecule has 0 saturated carbocycles. The molecule has 2 saturated heterocycles. The largest absolute Gasteiger partial charge is 0.467 e. The second-order valence-electron chi connectivity index (χ2n) is 8.16. The van der Waals surface area contributed by atoms with Gasteiger partial charge in [-0.1, -0.05) is 18.5 Å². The van der Waals surface area contributed by atoms with Crippen molar-refractivity contribution < 1.29 is 22.7 Å². The molecular weight excluding hydrogens is 407 g/mol. The lowest BCUT2D eigenvalue weighted by atomic mass is 9.94. The van der Waals surface area contributed by atoms with Gasteiger partial charge in [0.2, 0.25) is 5.88 Å². The van der Waals surface area contributed by atoms with Gasteiger partial charge in [-0.2, -0.15) is 13.2 Å². The molecule has 5 nitrogen and oxygen atoms in total. The summed E-state index contributed by atoms with van der Waals surface area (Å²) in [6.07, 6.45) is 1.24. The lowest BCUT2D eigenvalue weighted by Crippen LogP contribution is -2.45. The maximum atomic E-state index is 12.9. The Bertz CT molecular complexity index is 709. The normalized spacial score (nSPS) is 22.0. The summed E-state index contributed by atoms with van der Waals surface area (Å²) in [7, 11) is 0. The molecule has 1 unspecified atom stereocenters. The van der Waals surface area contributed by atoms with Gasteiger partial charge in [0, 0.05) is 25.8 Å². The SMILES string of the molecule is CC1CCN(CC2CCCN(C(=O)c3cnc(OCC(F)(F)F)c(Cl)c3)C2)CC1. The number of aromatic nitrogens is 1. The number of piperidine rings is 2. The molecule has 2 aliphatic heterocycles. The van der Waals surface area contributed by atoms with Gasteiger partial charge in [-0.05, 0) is 56.7 Å². The summed E-state index contributed by atoms with van der Waals surface area (Å²) in [4.78, 5) is 20.9. The van der Waals surface area contributed by atoms with Crippen molar-refractivity contribution in [2.24, 2.45) is 11.8 Å². The minimum absolute atomic E-state index is 0.101. The lowest BCUT2D eigenvalue weighted by molar-refractivity contribution is -0.154. The van der Waals surface area contributed by atoms with Crippen molar-refractivity contribution in [3.8, 4) is 5.88 Å². The summed E-state index contributed by atoms with van der Waals surface area (Å²) in [5, 5.41) is -0.101. The van der Waals surface area contributed by atoms with Crippen molar-refractivity contribution in [1.29, 1.82) is 0 Å². The molecule has 162 valence electrons. The summed E-state index contributed by atoms with van der Waals surface area (Å²) in [5.74, 6) is 0.699. The van der Waals surface area contributed by atoms with Crippen LogP contribution in [0.2, 0.25) is 5.02 Å². The molecule has 29 heavy (non-hydrogen) atoms. The first kappa shape index (κ1) is 22.2. The Morgan fingerprint density at radius 2 is 2.00 bits per heavy atom. The van der Waals surface area contributed by atoms with Gasteiger partial charge in [-0.3, -0.25) is 4.79 Å². The Balaban J connectivity index is 1.57. The highest BCUT2D eigenvalue weighted by Gasteiger charge is 2.30. The van der Waals surface area contributed by atoms with Crippen LogP contribution in [0.4, 0.5) is 13.2 Å². The highest BCUT2D eigenvalue weighted by molar-refractivity contribution is 6.32. The van der Waals surface area contributed by atoms with E-state index in [2.05, 4.69) is 21.5 Å². The average molecular weight is 434 g/mol. The van der Waals surface area contributed by atoms with Crippen LogP contribution < -0.4 is 4.74 Å². The zero-order chi connectivity index (χ0) is 21.0. The third-order valence-electron chi connectivity index (χ3n) is 5.63. The van der Waals surface area contributed by atoms with Crippen LogP contribution in [0.3, 0.4) is 0 Å². The fourth-order valence-electron chi connectivity index (χ4n) is 3.99. The highest BCUT2D eigenvalue weighted by atomic mass is 35.5. The van der Waals surface area contributed by atoms with Crippen LogP contribution in [-0.4, -0.2) is 66.2 Å². The van der Waals surface area contributed by atoms with Crippen LogP contribution in [0.25, 0.3) is 0 Å². The summed E-state index contributed by atoms with van der Waals surface area (Å²) < 4.78 is 41.5. The average Bonchev–Trinajstić information content (AvgIpc) is 2.68. The third-order valence-corrected chi connectivity index (χ3v) is 5.90. The van der Waals surface area contributed by atoms with Crippen molar-refractivity contribution >= 4 is 17.5 Å². The van der Waals surface area contributed by atoms with E-state index in [0.29, 0.717) is 19.0 Å². The van der Waals surface area contributed by atoms with Crippen molar-refractivity contribution in [3.63, 3.8) is 0 Å². The van der Waals surface area contributed by atoms with Crippen molar-refractivity contribution in [2.75, 3.05) is 39.3 Å². The molecule has 2 fully saturated rings. The van der Waals surface area contributed by atoms with E-state index in [-0.39, 0.29) is 22.4 Å². The van der Waals surface area contributed by atoms with Gasteiger partial charge in [0.1, 0.15) is 5.02 Å². The fraction of sp³-hybridized carbons (Fsp3) is 0.700. The van der Waals surface area contributed by atoms with E-state index in [9.17, 15) is 18.0 Å². The molecule has 9 heteroatoms. The number of alkyl halides is 3. The summed E-state index contributed by atoms with van der Waals surface area (Å²) in [6.45, 7) is 5.38. The number of pyridine rings is 1. The summed E-state index contributed by atoms with van der Waals surface area (Å²) in [5.41, 5.74) is 0.266. The number of ether oxygens (including phenoxy) is 1. The van der Waals surface area contributed by atoms with Crippen LogP contribution in [0.5, 0.6) is 5.88 Å². The van der Waals surface area contributed by atoms with Gasteiger partial charge < -0.3 is 14.5 Å². The van der Waals surface area contributed by atoms with Crippen molar-refractivity contribution in [2.45, 2.75) is 38.8 Å². The van der Waals surface area contributed by atoms with E-state index in [1.54, 1.807) is 4.90 Å². The number of halogens is 4. The standard InChI is InChI=1S/C20H27ClF3N3O2/c1-14-4-7-26(8-5-14)11-15-3-2-6-27(12-15)19(28)16-9-17(21)18(25-10-16)29-13-20(22,23)24/h9-10,14-15H,2-8,11-13H2,1H3. The predicted octanol–water partition coefficient (Wildman–Crippen LogP) is 4.26. The molecule has 1 aromatic heterocycles. The van der Waals surface area contributed by atoms with E-state index in [1.807, 2.05) is 0 Å². The zero-order valence-corrected chi connectivity index (χ0v) is 17.3. The van der Waals surface area contributed by atoms with Crippen LogP contribution in [0.15, 0.2) is 12.3 Å². The van der Waals surface area contributed by atoms with Gasteiger partial charge >= 0.3 is 6.18 Å². The highest BCUT2D eigenvalue weighted by Crippen LogP contribution is 2.27. The zero-order valence-electron chi connectivity index (χ0n) is 16.6. The molecule has 0 spiro atoms. The maximum Gasteiger partial charge on any atom is 0.422 e. The molecule has 1 aromatic rings. The van der Waals surface area contributed by atoms with Crippen LogP contribution in [0.1, 0.15) is 43.0 Å². The number of amides is 1. The first-order valence-electron chi connectivity index (χ1n) is 10.1. The monoisotopic (exact) mass is 433 g/mol. The number of nitrogens with zero attached hydrogens (tertiary/aromatic N) is 3. The molecular formula is C20H27ClF3N3O2. The van der Waals surface area contributed by atoms with E-state index in [4.69, 9.17) is 11.6 Å². The number of hydrogen-bond donors (Lipinski definition) is 0. The van der Waals surface area contributed by atoms with Gasteiger partial charge in [-0.25, -0.2) is 4.98 Å². The number of carbonyl (C=O) groups is 1. The second-order valence-corrected chi connectivity index (χ2v) is 8.56. The van der Waals surface area contributed by atoms with Crippen molar-refractivity contribution in [3.05, 3.63) is 22.8 Å². The Morgan fingerprint density at radius 1 is 1.28 bits per heavy atom. The molecule has 2 aliphatic rings. The molecule has 0 radical (unpaired) electrons. The van der Waals surface area contributed by atoms with E-state index in [0.717, 1.165) is 38.4 Å². The predicted molar refractivity (Wildman–Crippen MR) is 104 cm³/mol. The number of carbonyl (C=O) groups excluding carboxylic acids is 1. The smallest absolute Gasteiger partial charge is 0.422 e. The van der Waals surface area contributed by atoms with Gasteiger partial charge in [-0.15, -0.1) is 0 Å². The fourth-order valence-corrected chi connectivity index (χ4v) is 4.21. The summed E-state index contributed by atoms with van der Waals surface area (Å²) in [6, 6.07) is 1.33. The Morgan fingerprint density at radius 3 is 2.66 bits per heavy atom. The Hall–Kier alpha value is -1.54. The van der Waals surface area contributed by atoms with E-state index >= 15 is 0 Å². The second kappa shape index (κ2) is 9.51. The van der Waals surface area contributed by atoms with Crippen LogP contribution >= 0.6 is 11.6 Å². The van der Waals surface area contributed by atoms with Gasteiger partial charge in [0.25, 0.3) is 5.91 Å². The molecule has 1 amide bonds. The topological polar surface area (TPSA) is 45.7 Å². The number of hydrogen-bond acceptors (Lipinski definition) is 4. The van der Waals surface area contributed by atoms with Crippen LogP contribution in [0, 0.1) is 11.8 Å². The molecule has 3 rings (SSSR count). The molecule has 0 aliphatic carbocycles. The van der Waals surface area contributed by atoms with Crippen molar-refractivity contribution in [1.82, 2.24) is 14.8 Å². The Kier molecular flexibility index (Phi) is 7.27. The van der Waals surface area contributed by atoms with E-state index in [1.165, 1.54) is 25.1 Å².